The van der Waals surface area contributed by atoms with Crippen molar-refractivity contribution in [3.05, 3.63) is 13.1 Å². The highest BCUT2D eigenvalue weighted by atomic mass is 79.9. The minimum atomic E-state index is -3.87. The molecule has 0 aliphatic heterocycles. The normalized spacial score (nSPS) is 13.2. The number of ether oxygens (including phenoxy) is 1. The molecule has 1 atom stereocenters. The first-order valence-corrected chi connectivity index (χ1v) is 9.35. The topological polar surface area (TPSA) is 72.5 Å². The van der Waals surface area contributed by atoms with Gasteiger partial charge in [0.25, 0.3) is 0 Å². The molecule has 0 aliphatic carbocycles. The van der Waals surface area contributed by atoms with Gasteiger partial charge in [-0.15, -0.1) is 11.3 Å². The third-order valence-corrected chi connectivity index (χ3v) is 7.19. The summed E-state index contributed by atoms with van der Waals surface area (Å²) in [6.07, 6.45) is -0.0693. The van der Waals surface area contributed by atoms with Crippen molar-refractivity contribution in [3.63, 3.8) is 0 Å². The molecule has 114 valence electrons. The fraction of sp³-hybridized carbons (Fsp3) is 0.500. The van der Waals surface area contributed by atoms with E-state index in [2.05, 4.69) is 20.7 Å². The van der Waals surface area contributed by atoms with Crippen molar-refractivity contribution in [1.82, 2.24) is 4.72 Å². The maximum atomic E-state index is 12.2. The first-order valence-electron chi connectivity index (χ1n) is 5.50. The van der Waals surface area contributed by atoms with Gasteiger partial charge in [-0.2, -0.15) is 0 Å². The van der Waals surface area contributed by atoms with Gasteiger partial charge in [0.05, 0.1) is 17.5 Å². The van der Waals surface area contributed by atoms with Gasteiger partial charge in [-0.05, 0) is 29.8 Å². The van der Waals surface area contributed by atoms with Crippen molar-refractivity contribution in [2.45, 2.75) is 31.2 Å². The number of hydrogen-bond donors (Lipinski definition) is 1. The SMILES string of the molecule is CCOC(=O)CC(C)NS(=O)(=O)c1c(Cl)sc(Cl)c1Br. The molecule has 0 radical (unpaired) electrons. The molecule has 0 bridgehead atoms. The van der Waals surface area contributed by atoms with Crippen LogP contribution >= 0.6 is 50.5 Å². The Morgan fingerprint density at radius 3 is 2.50 bits per heavy atom. The molecule has 1 unspecified atom stereocenters. The van der Waals surface area contributed by atoms with Crippen LogP contribution in [0.4, 0.5) is 0 Å². The Labute approximate surface area is 139 Å². The molecule has 0 amide bonds. The van der Waals surface area contributed by atoms with Crippen LogP contribution in [0.1, 0.15) is 20.3 Å². The molecule has 0 saturated carbocycles. The number of rotatable bonds is 6. The van der Waals surface area contributed by atoms with Gasteiger partial charge in [-0.25, -0.2) is 13.1 Å². The predicted octanol–water partition coefficient (Wildman–Crippen LogP) is 3.44. The number of carbonyl (C=O) groups is 1. The summed E-state index contributed by atoms with van der Waals surface area (Å²) < 4.78 is 32.0. The largest absolute Gasteiger partial charge is 0.466 e. The highest BCUT2D eigenvalue weighted by molar-refractivity contribution is 9.10. The molecule has 1 aromatic rings. The molecule has 10 heteroatoms. The maximum absolute atomic E-state index is 12.2. The predicted molar refractivity (Wildman–Crippen MR) is 83.1 cm³/mol. The van der Waals surface area contributed by atoms with Gasteiger partial charge in [0.15, 0.2) is 0 Å². The highest BCUT2D eigenvalue weighted by Gasteiger charge is 2.28. The van der Waals surface area contributed by atoms with Crippen LogP contribution in [-0.2, 0) is 19.6 Å². The molecule has 0 saturated heterocycles. The summed E-state index contributed by atoms with van der Waals surface area (Å²) in [7, 11) is -3.87. The Kier molecular flexibility index (Phi) is 6.75. The van der Waals surface area contributed by atoms with Crippen LogP contribution in [0.25, 0.3) is 0 Å². The zero-order valence-electron chi connectivity index (χ0n) is 10.6. The number of nitrogens with one attached hydrogen (secondary N) is 1. The Hall–Kier alpha value is 0.140. The average molecular weight is 425 g/mol. The lowest BCUT2D eigenvalue weighted by Gasteiger charge is -2.13. The lowest BCUT2D eigenvalue weighted by atomic mass is 10.3. The van der Waals surface area contributed by atoms with Crippen molar-refractivity contribution < 1.29 is 17.9 Å². The summed E-state index contributed by atoms with van der Waals surface area (Å²) in [5.74, 6) is -0.476. The Morgan fingerprint density at radius 2 is 2.05 bits per heavy atom. The fourth-order valence-electron chi connectivity index (χ4n) is 1.40. The molecule has 1 aromatic heterocycles. The molecule has 0 fully saturated rings. The van der Waals surface area contributed by atoms with Gasteiger partial charge in [-0.3, -0.25) is 4.79 Å². The molecule has 0 aliphatic rings. The van der Waals surface area contributed by atoms with E-state index in [1.54, 1.807) is 13.8 Å². The Morgan fingerprint density at radius 1 is 1.45 bits per heavy atom. The number of esters is 1. The second kappa shape index (κ2) is 7.42. The summed E-state index contributed by atoms with van der Waals surface area (Å²) in [6, 6.07) is -0.624. The smallest absolute Gasteiger partial charge is 0.307 e. The third-order valence-electron chi connectivity index (χ3n) is 2.13. The average Bonchev–Trinajstić information content (AvgIpc) is 2.52. The molecule has 1 N–H and O–H groups in total. The lowest BCUT2D eigenvalue weighted by molar-refractivity contribution is -0.143. The van der Waals surface area contributed by atoms with E-state index in [1.807, 2.05) is 0 Å². The zero-order valence-corrected chi connectivity index (χ0v) is 15.3. The van der Waals surface area contributed by atoms with Crippen LogP contribution in [0.3, 0.4) is 0 Å². The highest BCUT2D eigenvalue weighted by Crippen LogP contribution is 2.42. The van der Waals surface area contributed by atoms with Gasteiger partial charge in [-0.1, -0.05) is 23.2 Å². The van der Waals surface area contributed by atoms with Crippen LogP contribution < -0.4 is 4.72 Å². The van der Waals surface area contributed by atoms with Gasteiger partial charge < -0.3 is 4.74 Å². The van der Waals surface area contributed by atoms with Crippen molar-refractivity contribution in [2.75, 3.05) is 6.61 Å². The molecular formula is C10H12BrCl2NO4S2. The van der Waals surface area contributed by atoms with Crippen LogP contribution in [0.15, 0.2) is 9.37 Å². The van der Waals surface area contributed by atoms with Crippen molar-refractivity contribution >= 4 is 66.5 Å². The number of thiophene rings is 1. The van der Waals surface area contributed by atoms with E-state index in [1.165, 1.54) is 0 Å². The van der Waals surface area contributed by atoms with E-state index < -0.39 is 22.0 Å². The van der Waals surface area contributed by atoms with E-state index in [4.69, 9.17) is 27.9 Å². The third kappa shape index (κ3) is 4.57. The minimum Gasteiger partial charge on any atom is -0.466 e. The lowest BCUT2D eigenvalue weighted by Crippen LogP contribution is -2.34. The number of halogens is 3. The van der Waals surface area contributed by atoms with E-state index in [9.17, 15) is 13.2 Å². The van der Waals surface area contributed by atoms with Crippen LogP contribution in [0, 0.1) is 0 Å². The number of sulfonamides is 1. The summed E-state index contributed by atoms with van der Waals surface area (Å²) >= 11 is 15.7. The molecular weight excluding hydrogens is 413 g/mol. The first kappa shape index (κ1) is 18.2. The standard InChI is InChI=1S/C10H12BrCl2NO4S2/c1-3-18-6(15)4-5(2)14-20(16,17)8-7(11)9(12)19-10(8)13/h5,14H,3-4H2,1-2H3. The quantitative estimate of drug-likeness (QED) is 0.710. The van der Waals surface area contributed by atoms with E-state index >= 15 is 0 Å². The van der Waals surface area contributed by atoms with E-state index in [-0.39, 0.29) is 31.1 Å². The molecule has 20 heavy (non-hydrogen) atoms. The van der Waals surface area contributed by atoms with Crippen molar-refractivity contribution in [3.8, 4) is 0 Å². The Balaban J connectivity index is 2.87. The van der Waals surface area contributed by atoms with Gasteiger partial charge in [0.2, 0.25) is 10.0 Å². The zero-order chi connectivity index (χ0) is 15.5. The summed E-state index contributed by atoms with van der Waals surface area (Å²) in [4.78, 5) is 11.2. The van der Waals surface area contributed by atoms with Gasteiger partial charge in [0, 0.05) is 6.04 Å². The molecule has 1 rings (SSSR count). The number of hydrogen-bond acceptors (Lipinski definition) is 5. The second-order valence-corrected chi connectivity index (χ2v) is 8.49. The maximum Gasteiger partial charge on any atom is 0.307 e. The summed E-state index contributed by atoms with van der Waals surface area (Å²) in [6.45, 7) is 3.48. The van der Waals surface area contributed by atoms with Gasteiger partial charge >= 0.3 is 5.97 Å². The van der Waals surface area contributed by atoms with Gasteiger partial charge in [0.1, 0.15) is 13.6 Å². The molecule has 5 nitrogen and oxygen atoms in total. The van der Waals surface area contributed by atoms with E-state index in [0.29, 0.717) is 0 Å². The van der Waals surface area contributed by atoms with Crippen molar-refractivity contribution in [2.24, 2.45) is 0 Å². The van der Waals surface area contributed by atoms with Crippen LogP contribution in [0.5, 0.6) is 0 Å². The fourth-order valence-corrected chi connectivity index (χ4v) is 6.20. The van der Waals surface area contributed by atoms with E-state index in [0.717, 1.165) is 11.3 Å². The molecule has 1 heterocycles. The number of carbonyl (C=O) groups excluding carboxylic acids is 1. The van der Waals surface area contributed by atoms with Crippen LogP contribution in [-0.4, -0.2) is 27.0 Å². The Bertz CT molecular complexity index is 603. The summed E-state index contributed by atoms with van der Waals surface area (Å²) in [5, 5.41) is 0. The second-order valence-electron chi connectivity index (χ2n) is 3.82. The van der Waals surface area contributed by atoms with Crippen LogP contribution in [0.2, 0.25) is 8.67 Å². The summed E-state index contributed by atoms with van der Waals surface area (Å²) in [5.41, 5.74) is 0. The molecule has 0 aromatic carbocycles. The molecule has 0 spiro atoms. The monoisotopic (exact) mass is 423 g/mol. The minimum absolute atomic E-state index is 0.0534. The first-order chi connectivity index (χ1) is 9.19. The van der Waals surface area contributed by atoms with Crippen molar-refractivity contribution in [1.29, 1.82) is 0 Å².